The summed E-state index contributed by atoms with van der Waals surface area (Å²) in [6, 6.07) is 7.51. The Bertz CT molecular complexity index is 1100. The smallest absolute Gasteiger partial charge is 0.318 e. The monoisotopic (exact) mass is 435 g/mol. The van der Waals surface area contributed by atoms with Crippen LogP contribution in [-0.4, -0.2) is 63.4 Å². The molecule has 1 fully saturated rings. The van der Waals surface area contributed by atoms with E-state index in [2.05, 4.69) is 20.6 Å². The van der Waals surface area contributed by atoms with Crippen molar-refractivity contribution in [1.82, 2.24) is 35.1 Å². The van der Waals surface area contributed by atoms with Crippen LogP contribution in [0.5, 0.6) is 11.5 Å². The minimum Gasteiger partial charge on any atom is -0.454 e. The zero-order chi connectivity index (χ0) is 21.9. The van der Waals surface area contributed by atoms with Crippen molar-refractivity contribution in [3.05, 3.63) is 59.9 Å². The van der Waals surface area contributed by atoms with Crippen LogP contribution in [0.1, 0.15) is 23.0 Å². The summed E-state index contributed by atoms with van der Waals surface area (Å²) in [6.07, 6.45) is 5.86. The molecule has 1 saturated heterocycles. The second-order valence-corrected chi connectivity index (χ2v) is 7.79. The summed E-state index contributed by atoms with van der Waals surface area (Å²) in [4.78, 5) is 28.2. The van der Waals surface area contributed by atoms with E-state index in [1.807, 2.05) is 36.1 Å². The molecule has 4 heterocycles. The number of piperazine rings is 1. The molecule has 0 radical (unpaired) electrons. The standard InChI is InChI=1S/C22H25N7O3/c1-15-10-17(27-21(26-15)28-8-6-24-13-28)18-12-23-7-9-29(18)22(30)25-5-4-16-2-3-19-20(11-16)32-14-31-19/h2-3,6,8,10-11,13,18,23H,4-5,7,9,12,14H2,1H3,(H,25,30). The van der Waals surface area contributed by atoms with E-state index in [4.69, 9.17) is 14.5 Å². The van der Waals surface area contributed by atoms with Crippen LogP contribution in [0.25, 0.3) is 5.95 Å². The second-order valence-electron chi connectivity index (χ2n) is 7.79. The van der Waals surface area contributed by atoms with Gasteiger partial charge >= 0.3 is 6.03 Å². The van der Waals surface area contributed by atoms with Crippen molar-refractivity contribution in [3.63, 3.8) is 0 Å². The molecule has 1 unspecified atom stereocenters. The van der Waals surface area contributed by atoms with Crippen molar-refractivity contribution in [1.29, 1.82) is 0 Å². The molecule has 2 N–H and O–H groups in total. The molecule has 0 saturated carbocycles. The minimum atomic E-state index is -0.182. The highest BCUT2D eigenvalue weighted by Gasteiger charge is 2.29. The highest BCUT2D eigenvalue weighted by molar-refractivity contribution is 5.75. The first-order chi connectivity index (χ1) is 15.7. The predicted molar refractivity (Wildman–Crippen MR) is 116 cm³/mol. The zero-order valence-corrected chi connectivity index (χ0v) is 17.8. The largest absolute Gasteiger partial charge is 0.454 e. The molecule has 0 aliphatic carbocycles. The molecule has 2 aliphatic heterocycles. The number of aryl methyl sites for hydroxylation is 1. The van der Waals surface area contributed by atoms with E-state index in [-0.39, 0.29) is 18.9 Å². The Morgan fingerprint density at radius 2 is 2.16 bits per heavy atom. The summed E-state index contributed by atoms with van der Waals surface area (Å²) >= 11 is 0. The molecule has 1 atom stereocenters. The highest BCUT2D eigenvalue weighted by Crippen LogP contribution is 2.32. The predicted octanol–water partition coefficient (Wildman–Crippen LogP) is 1.60. The van der Waals surface area contributed by atoms with Gasteiger partial charge in [0, 0.05) is 44.3 Å². The molecule has 10 heteroatoms. The summed E-state index contributed by atoms with van der Waals surface area (Å²) in [6.45, 7) is 4.69. The van der Waals surface area contributed by atoms with Gasteiger partial charge in [0.25, 0.3) is 0 Å². The maximum atomic E-state index is 13.0. The quantitative estimate of drug-likeness (QED) is 0.627. The summed E-state index contributed by atoms with van der Waals surface area (Å²) in [5.74, 6) is 2.06. The Labute approximate surface area is 185 Å². The summed E-state index contributed by atoms with van der Waals surface area (Å²) < 4.78 is 12.5. The zero-order valence-electron chi connectivity index (χ0n) is 17.8. The molecule has 2 aromatic heterocycles. The minimum absolute atomic E-state index is 0.0994. The lowest BCUT2D eigenvalue weighted by molar-refractivity contribution is 0.157. The van der Waals surface area contributed by atoms with E-state index < -0.39 is 0 Å². The third-order valence-corrected chi connectivity index (χ3v) is 5.57. The molecule has 1 aromatic carbocycles. The van der Waals surface area contributed by atoms with E-state index in [0.717, 1.165) is 35.0 Å². The number of rotatable bonds is 5. The van der Waals surface area contributed by atoms with Gasteiger partial charge < -0.3 is 25.0 Å². The van der Waals surface area contributed by atoms with E-state index in [0.29, 0.717) is 32.0 Å². The lowest BCUT2D eigenvalue weighted by Gasteiger charge is -2.36. The third kappa shape index (κ3) is 4.22. The van der Waals surface area contributed by atoms with E-state index in [9.17, 15) is 4.79 Å². The lowest BCUT2D eigenvalue weighted by atomic mass is 10.1. The van der Waals surface area contributed by atoms with Gasteiger partial charge in [-0.3, -0.25) is 4.57 Å². The molecule has 0 bridgehead atoms. The average molecular weight is 435 g/mol. The normalized spacial score (nSPS) is 17.4. The molecule has 5 rings (SSSR count). The van der Waals surface area contributed by atoms with E-state index in [1.54, 1.807) is 23.3 Å². The summed E-state index contributed by atoms with van der Waals surface area (Å²) in [7, 11) is 0. The number of aromatic nitrogens is 4. The first-order valence-electron chi connectivity index (χ1n) is 10.6. The maximum absolute atomic E-state index is 13.0. The molecular formula is C22H25N7O3. The SMILES string of the molecule is Cc1cc(C2CNCCN2C(=O)NCCc2ccc3c(c2)OCO3)nc(-n2ccnc2)n1. The highest BCUT2D eigenvalue weighted by atomic mass is 16.7. The number of nitrogens with zero attached hydrogens (tertiary/aromatic N) is 5. The molecule has 2 aliphatic rings. The molecule has 166 valence electrons. The maximum Gasteiger partial charge on any atom is 0.318 e. The topological polar surface area (TPSA) is 106 Å². The van der Waals surface area contributed by atoms with E-state index >= 15 is 0 Å². The van der Waals surface area contributed by atoms with Crippen molar-refractivity contribution in [3.8, 4) is 17.4 Å². The summed E-state index contributed by atoms with van der Waals surface area (Å²) in [5.41, 5.74) is 2.73. The first kappa shape index (κ1) is 20.3. The van der Waals surface area contributed by atoms with Crippen LogP contribution in [-0.2, 0) is 6.42 Å². The number of ether oxygens (including phenoxy) is 2. The van der Waals surface area contributed by atoms with E-state index in [1.165, 1.54) is 0 Å². The Kier molecular flexibility index (Phi) is 5.59. The summed E-state index contributed by atoms with van der Waals surface area (Å²) in [5, 5.41) is 6.42. The fraction of sp³-hybridized carbons (Fsp3) is 0.364. The molecule has 10 nitrogen and oxygen atoms in total. The van der Waals surface area contributed by atoms with Crippen LogP contribution in [0, 0.1) is 6.92 Å². The van der Waals surface area contributed by atoms with Crippen molar-refractivity contribution in [2.24, 2.45) is 0 Å². The van der Waals surface area contributed by atoms with Crippen molar-refractivity contribution in [2.45, 2.75) is 19.4 Å². The molecular weight excluding hydrogens is 410 g/mol. The number of carbonyl (C=O) groups excluding carboxylic acids is 1. The van der Waals surface area contributed by atoms with Gasteiger partial charge in [0.1, 0.15) is 6.33 Å². The first-order valence-corrected chi connectivity index (χ1v) is 10.6. The van der Waals surface area contributed by atoms with Crippen LogP contribution < -0.4 is 20.1 Å². The number of amides is 2. The molecule has 0 spiro atoms. The Hall–Kier alpha value is -3.66. The van der Waals surface area contributed by atoms with Gasteiger partial charge in [-0.25, -0.2) is 19.7 Å². The van der Waals surface area contributed by atoms with Crippen molar-refractivity contribution < 1.29 is 14.3 Å². The molecule has 32 heavy (non-hydrogen) atoms. The Morgan fingerprint density at radius 3 is 3.03 bits per heavy atom. The van der Waals surface area contributed by atoms with Crippen LogP contribution in [0.3, 0.4) is 0 Å². The van der Waals surface area contributed by atoms with Crippen molar-refractivity contribution >= 4 is 6.03 Å². The van der Waals surface area contributed by atoms with Gasteiger partial charge in [0.05, 0.1) is 11.7 Å². The third-order valence-electron chi connectivity index (χ3n) is 5.57. The van der Waals surface area contributed by atoms with Gasteiger partial charge in [0.15, 0.2) is 11.5 Å². The Morgan fingerprint density at radius 1 is 1.25 bits per heavy atom. The fourth-order valence-electron chi connectivity index (χ4n) is 3.96. The van der Waals surface area contributed by atoms with Crippen molar-refractivity contribution in [2.75, 3.05) is 33.0 Å². The number of imidazole rings is 1. The Balaban J connectivity index is 1.26. The van der Waals surface area contributed by atoms with Crippen LogP contribution >= 0.6 is 0 Å². The van der Waals surface area contributed by atoms with Crippen LogP contribution in [0.4, 0.5) is 4.79 Å². The van der Waals surface area contributed by atoms with Gasteiger partial charge in [0.2, 0.25) is 12.7 Å². The van der Waals surface area contributed by atoms with Crippen LogP contribution in [0.2, 0.25) is 0 Å². The average Bonchev–Trinajstić information content (AvgIpc) is 3.50. The van der Waals surface area contributed by atoms with Gasteiger partial charge in [-0.15, -0.1) is 0 Å². The second kappa shape index (κ2) is 8.83. The fourth-order valence-corrected chi connectivity index (χ4v) is 3.96. The van der Waals surface area contributed by atoms with Crippen LogP contribution in [0.15, 0.2) is 43.0 Å². The van der Waals surface area contributed by atoms with Gasteiger partial charge in [-0.05, 0) is 37.1 Å². The molecule has 2 amide bonds. The number of hydrogen-bond donors (Lipinski definition) is 2. The molecule has 3 aromatic rings. The number of nitrogens with one attached hydrogen (secondary N) is 2. The number of fused-ring (bicyclic) bond motifs is 1. The number of urea groups is 1. The number of hydrogen-bond acceptors (Lipinski definition) is 7. The number of benzene rings is 1. The van der Waals surface area contributed by atoms with Gasteiger partial charge in [-0.1, -0.05) is 6.07 Å². The van der Waals surface area contributed by atoms with Gasteiger partial charge in [-0.2, -0.15) is 0 Å². The number of carbonyl (C=O) groups is 1. The lowest BCUT2D eigenvalue weighted by Crippen LogP contribution is -2.52.